The van der Waals surface area contributed by atoms with Crippen LogP contribution in [0.3, 0.4) is 0 Å². The van der Waals surface area contributed by atoms with E-state index in [0.717, 1.165) is 37.9 Å². The molecule has 2 aliphatic heterocycles. The molecular formula is C16H22F3N3O5S. The lowest BCUT2D eigenvalue weighted by Gasteiger charge is -2.27. The number of nitrogens with zero attached hydrogens (tertiary/aromatic N) is 2. The lowest BCUT2D eigenvalue weighted by Crippen LogP contribution is -2.44. The maximum absolute atomic E-state index is 11.6. The number of methoxy groups -OCH3 is 1. The fourth-order valence-corrected chi connectivity index (χ4v) is 3.95. The first-order valence-electron chi connectivity index (χ1n) is 8.40. The molecule has 0 aliphatic carbocycles. The summed E-state index contributed by atoms with van der Waals surface area (Å²) in [5.41, 5.74) is 0.0423. The number of carboxylic acids is 1. The molecule has 3 heterocycles. The number of aliphatic carboxylic acids is 1. The molecular weight excluding hydrogens is 403 g/mol. The van der Waals surface area contributed by atoms with Gasteiger partial charge in [0.1, 0.15) is 11.6 Å². The van der Waals surface area contributed by atoms with Crippen molar-refractivity contribution in [1.29, 1.82) is 0 Å². The molecule has 2 fully saturated rings. The normalized spacial score (nSPS) is 24.4. The minimum Gasteiger partial charge on any atom is -0.475 e. The number of halogens is 3. The second kappa shape index (κ2) is 9.63. The van der Waals surface area contributed by atoms with Gasteiger partial charge in [0.2, 0.25) is 5.91 Å². The van der Waals surface area contributed by atoms with Crippen LogP contribution in [0, 0.1) is 11.3 Å². The zero-order valence-corrected chi connectivity index (χ0v) is 16.0. The molecule has 0 radical (unpaired) electrons. The van der Waals surface area contributed by atoms with Crippen molar-refractivity contribution in [1.82, 2.24) is 15.2 Å². The monoisotopic (exact) mass is 425 g/mol. The summed E-state index contributed by atoms with van der Waals surface area (Å²) in [7, 11) is 1.53. The number of carbonyl (C=O) groups is 2. The van der Waals surface area contributed by atoms with Crippen molar-refractivity contribution in [2.45, 2.75) is 12.7 Å². The average Bonchev–Trinajstić information content (AvgIpc) is 3.29. The van der Waals surface area contributed by atoms with E-state index in [1.807, 2.05) is 11.6 Å². The second-order valence-electron chi connectivity index (χ2n) is 6.68. The van der Waals surface area contributed by atoms with Crippen LogP contribution in [0.15, 0.2) is 11.6 Å². The van der Waals surface area contributed by atoms with E-state index in [2.05, 4.69) is 15.2 Å². The van der Waals surface area contributed by atoms with Crippen LogP contribution in [0.1, 0.15) is 5.01 Å². The predicted molar refractivity (Wildman–Crippen MR) is 92.7 cm³/mol. The van der Waals surface area contributed by atoms with E-state index in [4.69, 9.17) is 19.4 Å². The molecule has 12 heteroatoms. The summed E-state index contributed by atoms with van der Waals surface area (Å²) in [6.07, 6.45) is -3.24. The van der Waals surface area contributed by atoms with Crippen LogP contribution in [-0.4, -0.2) is 79.6 Å². The third-order valence-electron chi connectivity index (χ3n) is 4.59. The highest BCUT2D eigenvalue weighted by molar-refractivity contribution is 7.09. The van der Waals surface area contributed by atoms with E-state index in [-0.39, 0.29) is 17.9 Å². The number of nitrogens with one attached hydrogen (secondary N) is 1. The Hall–Kier alpha value is -1.76. The molecule has 3 rings (SSSR count). The smallest absolute Gasteiger partial charge is 0.475 e. The van der Waals surface area contributed by atoms with Gasteiger partial charge in [-0.1, -0.05) is 0 Å². The van der Waals surface area contributed by atoms with Crippen LogP contribution in [0.4, 0.5) is 13.2 Å². The molecule has 2 N–H and O–H groups in total. The molecule has 2 aliphatic rings. The number of hydrogen-bond donors (Lipinski definition) is 2. The maximum atomic E-state index is 11.6. The molecule has 1 amide bonds. The highest BCUT2D eigenvalue weighted by atomic mass is 32.1. The summed E-state index contributed by atoms with van der Waals surface area (Å²) in [5, 5.41) is 13.3. The molecule has 0 saturated carbocycles. The number of carboxylic acid groups (broad SMARTS) is 1. The van der Waals surface area contributed by atoms with Crippen LogP contribution in [0.25, 0.3) is 0 Å². The first-order chi connectivity index (χ1) is 13.2. The Morgan fingerprint density at radius 1 is 1.54 bits per heavy atom. The van der Waals surface area contributed by atoms with Crippen molar-refractivity contribution in [2.24, 2.45) is 11.3 Å². The third-order valence-corrected chi connectivity index (χ3v) is 5.35. The quantitative estimate of drug-likeness (QED) is 0.701. The Labute approximate surface area is 163 Å². The number of hydrogen-bond acceptors (Lipinski definition) is 7. The van der Waals surface area contributed by atoms with Crippen LogP contribution in [0.2, 0.25) is 0 Å². The van der Waals surface area contributed by atoms with Crippen LogP contribution >= 0.6 is 11.3 Å². The summed E-state index contributed by atoms with van der Waals surface area (Å²) in [6, 6.07) is 0. The van der Waals surface area contributed by atoms with E-state index in [1.54, 1.807) is 11.3 Å². The SMILES string of the molecule is COCC(=O)NC[C@]12COC[C@H]1CN(Cc1nccs1)C2.O=C(O)C(F)(F)F. The van der Waals surface area contributed by atoms with Crippen LogP contribution < -0.4 is 5.32 Å². The lowest BCUT2D eigenvalue weighted by molar-refractivity contribution is -0.192. The Morgan fingerprint density at radius 3 is 2.82 bits per heavy atom. The highest BCUT2D eigenvalue weighted by Gasteiger charge is 2.50. The fraction of sp³-hybridized carbons (Fsp3) is 0.688. The van der Waals surface area contributed by atoms with Crippen molar-refractivity contribution in [2.75, 3.05) is 46.6 Å². The minimum absolute atomic E-state index is 0.0423. The van der Waals surface area contributed by atoms with Gasteiger partial charge in [-0.05, 0) is 0 Å². The van der Waals surface area contributed by atoms with Gasteiger partial charge in [-0.3, -0.25) is 9.69 Å². The summed E-state index contributed by atoms with van der Waals surface area (Å²) in [4.78, 5) is 27.3. The molecule has 1 aromatic heterocycles. The second-order valence-corrected chi connectivity index (χ2v) is 7.66. The standard InChI is InChI=1S/C14H21N3O3S.C2HF3O2/c1-19-7-12(18)16-8-14-9-17(4-11(14)6-20-10-14)5-13-15-2-3-21-13;3-2(4,5)1(6)7/h2-3,11H,4-10H2,1H3,(H,16,18);(H,6,7)/t11-,14+;/m1./s1. The number of carbonyl (C=O) groups excluding carboxylic acids is 1. The molecule has 2 atom stereocenters. The van der Waals surface area contributed by atoms with E-state index in [1.165, 1.54) is 7.11 Å². The molecule has 0 bridgehead atoms. The molecule has 0 unspecified atom stereocenters. The molecule has 0 aromatic carbocycles. The summed E-state index contributed by atoms with van der Waals surface area (Å²) in [6.45, 7) is 5.14. The van der Waals surface area contributed by atoms with E-state index < -0.39 is 12.1 Å². The summed E-state index contributed by atoms with van der Waals surface area (Å²) >= 11 is 1.69. The number of fused-ring (bicyclic) bond motifs is 1. The zero-order valence-electron chi connectivity index (χ0n) is 15.2. The van der Waals surface area contributed by atoms with E-state index >= 15 is 0 Å². The number of likely N-dealkylation sites (tertiary alicyclic amines) is 1. The number of amides is 1. The largest absolute Gasteiger partial charge is 0.490 e. The van der Waals surface area contributed by atoms with Gasteiger partial charge >= 0.3 is 12.1 Å². The number of rotatable bonds is 6. The number of alkyl halides is 3. The van der Waals surface area contributed by atoms with Gasteiger partial charge in [0.05, 0.1) is 19.8 Å². The lowest BCUT2D eigenvalue weighted by atomic mass is 9.81. The Morgan fingerprint density at radius 2 is 2.25 bits per heavy atom. The molecule has 158 valence electrons. The van der Waals surface area contributed by atoms with Gasteiger partial charge in [-0.25, -0.2) is 9.78 Å². The number of thiazole rings is 1. The van der Waals surface area contributed by atoms with Crippen molar-refractivity contribution in [3.63, 3.8) is 0 Å². The van der Waals surface area contributed by atoms with Gasteiger partial charge in [0.15, 0.2) is 0 Å². The Bertz CT molecular complexity index is 658. The topological polar surface area (TPSA) is 101 Å². The predicted octanol–water partition coefficient (Wildman–Crippen LogP) is 0.987. The van der Waals surface area contributed by atoms with Gasteiger partial charge < -0.3 is 19.9 Å². The van der Waals surface area contributed by atoms with Crippen molar-refractivity contribution < 1.29 is 37.3 Å². The van der Waals surface area contributed by atoms with Crippen molar-refractivity contribution >= 4 is 23.2 Å². The first kappa shape index (κ1) is 22.5. The first-order valence-corrected chi connectivity index (χ1v) is 9.28. The van der Waals surface area contributed by atoms with Gasteiger partial charge in [-0.2, -0.15) is 13.2 Å². The molecule has 28 heavy (non-hydrogen) atoms. The fourth-order valence-electron chi connectivity index (χ4n) is 3.29. The van der Waals surface area contributed by atoms with Crippen LogP contribution in [0.5, 0.6) is 0 Å². The van der Waals surface area contributed by atoms with Crippen molar-refractivity contribution in [3.8, 4) is 0 Å². The van der Waals surface area contributed by atoms with E-state index in [0.29, 0.717) is 12.5 Å². The van der Waals surface area contributed by atoms with Crippen LogP contribution in [-0.2, 0) is 25.6 Å². The number of ether oxygens (including phenoxy) is 2. The van der Waals surface area contributed by atoms with E-state index in [9.17, 15) is 18.0 Å². The summed E-state index contributed by atoms with van der Waals surface area (Å²) < 4.78 is 42.3. The Balaban J connectivity index is 0.000000345. The minimum atomic E-state index is -5.08. The average molecular weight is 425 g/mol. The summed E-state index contributed by atoms with van der Waals surface area (Å²) in [5.74, 6) is -2.33. The zero-order chi connectivity index (χ0) is 20.8. The molecule has 2 saturated heterocycles. The number of aromatic nitrogens is 1. The maximum Gasteiger partial charge on any atom is 0.490 e. The Kier molecular flexibility index (Phi) is 7.75. The van der Waals surface area contributed by atoms with Crippen molar-refractivity contribution in [3.05, 3.63) is 16.6 Å². The molecule has 1 aromatic rings. The molecule has 0 spiro atoms. The van der Waals surface area contributed by atoms with Gasteiger partial charge in [0, 0.05) is 49.7 Å². The van der Waals surface area contributed by atoms with Gasteiger partial charge in [0.25, 0.3) is 0 Å². The van der Waals surface area contributed by atoms with Gasteiger partial charge in [-0.15, -0.1) is 11.3 Å². The third kappa shape index (κ3) is 6.12. The molecule has 8 nitrogen and oxygen atoms in total. The highest BCUT2D eigenvalue weighted by Crippen LogP contribution is 2.41.